The third-order valence-electron chi connectivity index (χ3n) is 4.35. The van der Waals surface area contributed by atoms with E-state index in [1.54, 1.807) is 53.8 Å². The topological polar surface area (TPSA) is 101 Å². The first kappa shape index (κ1) is 17.7. The number of hydrogen-bond donors (Lipinski definition) is 3. The zero-order chi connectivity index (χ0) is 19.3. The SMILES string of the molecule is O=C(NCc1cccnc1-n1ccnc1)Nc1cccc(C(=O)NC2CC2)c1. The van der Waals surface area contributed by atoms with Crippen LogP contribution in [0.15, 0.2) is 61.3 Å². The molecule has 0 saturated heterocycles. The molecule has 1 aliphatic carbocycles. The van der Waals surface area contributed by atoms with Gasteiger partial charge in [-0.15, -0.1) is 0 Å². The van der Waals surface area contributed by atoms with Crippen molar-refractivity contribution in [2.24, 2.45) is 0 Å². The molecule has 4 rings (SSSR count). The van der Waals surface area contributed by atoms with Crippen LogP contribution in [0.5, 0.6) is 0 Å². The Bertz CT molecular complexity index is 982. The van der Waals surface area contributed by atoms with Gasteiger partial charge in [-0.1, -0.05) is 12.1 Å². The van der Waals surface area contributed by atoms with Gasteiger partial charge in [0.2, 0.25) is 0 Å². The van der Waals surface area contributed by atoms with E-state index in [4.69, 9.17) is 0 Å². The van der Waals surface area contributed by atoms with Gasteiger partial charge in [-0.3, -0.25) is 9.36 Å². The normalized spacial score (nSPS) is 13.0. The molecular formula is C20H20N6O2. The predicted molar refractivity (Wildman–Crippen MR) is 104 cm³/mol. The Balaban J connectivity index is 1.37. The highest BCUT2D eigenvalue weighted by Crippen LogP contribution is 2.20. The summed E-state index contributed by atoms with van der Waals surface area (Å²) in [6, 6.07) is 10.5. The molecule has 0 spiro atoms. The molecule has 0 radical (unpaired) electrons. The van der Waals surface area contributed by atoms with Gasteiger partial charge in [0, 0.05) is 48.0 Å². The number of amides is 3. The number of pyridine rings is 1. The molecule has 0 aliphatic heterocycles. The second-order valence-corrected chi connectivity index (χ2v) is 6.59. The second kappa shape index (κ2) is 7.91. The highest BCUT2D eigenvalue weighted by Gasteiger charge is 2.23. The summed E-state index contributed by atoms with van der Waals surface area (Å²) in [5.41, 5.74) is 1.94. The van der Waals surface area contributed by atoms with E-state index in [1.807, 2.05) is 12.1 Å². The van der Waals surface area contributed by atoms with Gasteiger partial charge in [0.1, 0.15) is 12.1 Å². The summed E-state index contributed by atoms with van der Waals surface area (Å²) >= 11 is 0. The van der Waals surface area contributed by atoms with Crippen molar-refractivity contribution in [3.05, 3.63) is 72.4 Å². The van der Waals surface area contributed by atoms with E-state index in [9.17, 15) is 9.59 Å². The van der Waals surface area contributed by atoms with Crippen molar-refractivity contribution in [2.45, 2.75) is 25.4 Å². The first-order chi connectivity index (χ1) is 13.7. The monoisotopic (exact) mass is 376 g/mol. The van der Waals surface area contributed by atoms with Crippen LogP contribution >= 0.6 is 0 Å². The Morgan fingerprint density at radius 2 is 2.04 bits per heavy atom. The summed E-state index contributed by atoms with van der Waals surface area (Å²) in [7, 11) is 0. The molecule has 3 amide bonds. The molecule has 1 aliphatic rings. The van der Waals surface area contributed by atoms with E-state index in [0.29, 0.717) is 23.6 Å². The van der Waals surface area contributed by atoms with Crippen molar-refractivity contribution in [2.75, 3.05) is 5.32 Å². The van der Waals surface area contributed by atoms with E-state index in [2.05, 4.69) is 25.9 Å². The van der Waals surface area contributed by atoms with Crippen LogP contribution < -0.4 is 16.0 Å². The number of hydrogen-bond acceptors (Lipinski definition) is 4. The number of carbonyl (C=O) groups is 2. The third-order valence-corrected chi connectivity index (χ3v) is 4.35. The molecule has 1 aromatic carbocycles. The van der Waals surface area contributed by atoms with Gasteiger partial charge in [0.25, 0.3) is 5.91 Å². The van der Waals surface area contributed by atoms with Gasteiger partial charge in [-0.25, -0.2) is 14.8 Å². The first-order valence-electron chi connectivity index (χ1n) is 9.07. The van der Waals surface area contributed by atoms with Crippen molar-refractivity contribution in [3.63, 3.8) is 0 Å². The zero-order valence-corrected chi connectivity index (χ0v) is 15.1. The van der Waals surface area contributed by atoms with Crippen LogP contribution in [0.4, 0.5) is 10.5 Å². The molecule has 3 aromatic rings. The maximum atomic E-state index is 12.3. The Morgan fingerprint density at radius 1 is 1.14 bits per heavy atom. The minimum Gasteiger partial charge on any atom is -0.349 e. The van der Waals surface area contributed by atoms with Gasteiger partial charge in [0.15, 0.2) is 0 Å². The highest BCUT2D eigenvalue weighted by molar-refractivity contribution is 5.97. The van der Waals surface area contributed by atoms with Crippen molar-refractivity contribution in [1.82, 2.24) is 25.2 Å². The molecule has 1 fully saturated rings. The molecule has 2 aromatic heterocycles. The Hall–Kier alpha value is -3.68. The summed E-state index contributed by atoms with van der Waals surface area (Å²) < 4.78 is 1.79. The molecule has 0 bridgehead atoms. The lowest BCUT2D eigenvalue weighted by molar-refractivity contribution is 0.0951. The number of benzene rings is 1. The smallest absolute Gasteiger partial charge is 0.319 e. The summed E-state index contributed by atoms with van der Waals surface area (Å²) in [4.78, 5) is 32.8. The fraction of sp³-hybridized carbons (Fsp3) is 0.200. The third kappa shape index (κ3) is 4.35. The summed E-state index contributed by atoms with van der Waals surface area (Å²) in [5.74, 6) is 0.589. The number of imidazole rings is 1. The second-order valence-electron chi connectivity index (χ2n) is 6.59. The van der Waals surface area contributed by atoms with Crippen molar-refractivity contribution in [1.29, 1.82) is 0 Å². The van der Waals surface area contributed by atoms with Crippen LogP contribution in [0.25, 0.3) is 5.82 Å². The van der Waals surface area contributed by atoms with Crippen molar-refractivity contribution < 1.29 is 9.59 Å². The molecule has 28 heavy (non-hydrogen) atoms. The van der Waals surface area contributed by atoms with Gasteiger partial charge >= 0.3 is 6.03 Å². The Labute approximate surface area is 162 Å². The standard InChI is InChI=1S/C20H20N6O2/c27-19(24-16-6-7-16)14-3-1-5-17(11-14)25-20(28)23-12-15-4-2-8-22-18(15)26-10-9-21-13-26/h1-5,8-11,13,16H,6-7,12H2,(H,24,27)(H2,23,25,28). The van der Waals surface area contributed by atoms with Crippen LogP contribution in [0, 0.1) is 0 Å². The van der Waals surface area contributed by atoms with Crippen LogP contribution in [-0.2, 0) is 6.54 Å². The Kier molecular flexibility index (Phi) is 5.01. The first-order valence-corrected chi connectivity index (χ1v) is 9.07. The van der Waals surface area contributed by atoms with Gasteiger partial charge < -0.3 is 16.0 Å². The highest BCUT2D eigenvalue weighted by atomic mass is 16.2. The van der Waals surface area contributed by atoms with Crippen LogP contribution in [-0.4, -0.2) is 32.5 Å². The van der Waals surface area contributed by atoms with Crippen molar-refractivity contribution in [3.8, 4) is 5.82 Å². The summed E-state index contributed by atoms with van der Waals surface area (Å²) in [6.07, 6.45) is 8.87. The maximum Gasteiger partial charge on any atom is 0.319 e. The fourth-order valence-corrected chi connectivity index (χ4v) is 2.77. The molecular weight excluding hydrogens is 356 g/mol. The van der Waals surface area contributed by atoms with E-state index in [-0.39, 0.29) is 18.0 Å². The van der Waals surface area contributed by atoms with Gasteiger partial charge in [-0.2, -0.15) is 0 Å². The number of nitrogens with zero attached hydrogens (tertiary/aromatic N) is 3. The van der Waals surface area contributed by atoms with E-state index in [0.717, 1.165) is 18.4 Å². The molecule has 1 saturated carbocycles. The average Bonchev–Trinajstić information content (AvgIpc) is 3.35. The largest absolute Gasteiger partial charge is 0.349 e. The predicted octanol–water partition coefficient (Wildman–Crippen LogP) is 2.48. The molecule has 8 heteroatoms. The Morgan fingerprint density at radius 3 is 2.82 bits per heavy atom. The maximum absolute atomic E-state index is 12.3. The lowest BCUT2D eigenvalue weighted by atomic mass is 10.2. The molecule has 2 heterocycles. The number of rotatable bonds is 6. The zero-order valence-electron chi connectivity index (χ0n) is 15.1. The minimum absolute atomic E-state index is 0.119. The number of anilines is 1. The van der Waals surface area contributed by atoms with Crippen LogP contribution in [0.2, 0.25) is 0 Å². The molecule has 142 valence electrons. The van der Waals surface area contributed by atoms with E-state index >= 15 is 0 Å². The number of aromatic nitrogens is 3. The molecule has 0 unspecified atom stereocenters. The lowest BCUT2D eigenvalue weighted by Gasteiger charge is -2.11. The number of nitrogens with one attached hydrogen (secondary N) is 3. The summed E-state index contributed by atoms with van der Waals surface area (Å²) in [6.45, 7) is 0.301. The van der Waals surface area contributed by atoms with Crippen LogP contribution in [0.3, 0.4) is 0 Å². The number of carbonyl (C=O) groups excluding carboxylic acids is 2. The molecule has 0 atom stereocenters. The van der Waals surface area contributed by atoms with Gasteiger partial charge in [0.05, 0.1) is 0 Å². The van der Waals surface area contributed by atoms with E-state index < -0.39 is 0 Å². The van der Waals surface area contributed by atoms with Gasteiger partial charge in [-0.05, 0) is 37.1 Å². The number of urea groups is 1. The fourth-order valence-electron chi connectivity index (χ4n) is 2.77. The van der Waals surface area contributed by atoms with E-state index in [1.165, 1.54) is 0 Å². The van der Waals surface area contributed by atoms with Crippen LogP contribution in [0.1, 0.15) is 28.8 Å². The average molecular weight is 376 g/mol. The molecule has 3 N–H and O–H groups in total. The van der Waals surface area contributed by atoms with Crippen molar-refractivity contribution >= 4 is 17.6 Å². The minimum atomic E-state index is -0.361. The lowest BCUT2D eigenvalue weighted by Crippen LogP contribution is -2.29. The quantitative estimate of drug-likeness (QED) is 0.615. The summed E-state index contributed by atoms with van der Waals surface area (Å²) in [5, 5.41) is 8.51. The molecule has 8 nitrogen and oxygen atoms in total.